The Morgan fingerprint density at radius 3 is 2.52 bits per heavy atom. The number of sulfonamides is 1. The lowest BCUT2D eigenvalue weighted by atomic mass is 10.1. The molecule has 5 nitrogen and oxygen atoms in total. The predicted octanol–water partition coefficient (Wildman–Crippen LogP) is 4.74. The van der Waals surface area contributed by atoms with E-state index in [2.05, 4.69) is 22.2 Å². The molecule has 1 atom stereocenters. The molecule has 0 aromatic heterocycles. The van der Waals surface area contributed by atoms with Crippen LogP contribution in [0.25, 0.3) is 0 Å². The van der Waals surface area contributed by atoms with E-state index in [4.69, 9.17) is 11.6 Å². The highest BCUT2D eigenvalue weighted by Gasteiger charge is 2.19. The molecule has 1 aliphatic carbocycles. The maximum atomic E-state index is 12.8. The van der Waals surface area contributed by atoms with Crippen LogP contribution in [0.1, 0.15) is 24.8 Å². The van der Waals surface area contributed by atoms with Crippen LogP contribution >= 0.6 is 11.6 Å². The zero-order chi connectivity index (χ0) is 19.4. The first kappa shape index (κ1) is 19.5. The molecule has 0 fully saturated rings. The van der Waals surface area contributed by atoms with Gasteiger partial charge in [0.2, 0.25) is 5.91 Å². The van der Waals surface area contributed by atoms with Crippen LogP contribution in [-0.4, -0.2) is 14.3 Å². The van der Waals surface area contributed by atoms with Crippen LogP contribution in [0.2, 0.25) is 5.02 Å². The van der Waals surface area contributed by atoms with Crippen molar-refractivity contribution in [1.82, 2.24) is 0 Å². The quantitative estimate of drug-likeness (QED) is 0.682. The number of anilines is 2. The lowest BCUT2D eigenvalue weighted by molar-refractivity contribution is -0.116. The van der Waals surface area contributed by atoms with Crippen LogP contribution in [0.5, 0.6) is 0 Å². The van der Waals surface area contributed by atoms with Gasteiger partial charge in [-0.1, -0.05) is 29.8 Å². The molecule has 2 aromatic carbocycles. The highest BCUT2D eigenvalue weighted by atomic mass is 35.5. The Hall–Kier alpha value is -2.31. The third kappa shape index (κ3) is 5.11. The normalized spacial score (nSPS) is 16.3. The molecule has 3 rings (SSSR count). The number of halogens is 1. The zero-order valence-electron chi connectivity index (χ0n) is 14.9. The summed E-state index contributed by atoms with van der Waals surface area (Å²) < 4.78 is 28.0. The Labute approximate surface area is 164 Å². The van der Waals surface area contributed by atoms with Gasteiger partial charge in [0, 0.05) is 22.8 Å². The number of rotatable bonds is 6. The standard InChI is InChI=1S/C20H21ClN2O3S/c1-14-6-9-18(22-20(24)12-15-4-2-3-5-15)13-19(14)27(25,26)23-17-10-7-16(21)8-11-17/h2,4,6-11,13,15,23H,3,5,12H2,1H3,(H,22,24)/t15-/m1/s1. The van der Waals surface area contributed by atoms with Crippen LogP contribution in [0, 0.1) is 12.8 Å². The molecule has 142 valence electrons. The Morgan fingerprint density at radius 1 is 1.15 bits per heavy atom. The number of benzene rings is 2. The van der Waals surface area contributed by atoms with Crippen molar-refractivity contribution >= 4 is 38.9 Å². The van der Waals surface area contributed by atoms with Gasteiger partial charge in [0.05, 0.1) is 4.90 Å². The van der Waals surface area contributed by atoms with Crippen molar-refractivity contribution in [2.45, 2.75) is 31.1 Å². The van der Waals surface area contributed by atoms with Crippen molar-refractivity contribution in [2.75, 3.05) is 10.0 Å². The smallest absolute Gasteiger partial charge is 0.262 e. The summed E-state index contributed by atoms with van der Waals surface area (Å²) in [4.78, 5) is 12.3. The number of amides is 1. The summed E-state index contributed by atoms with van der Waals surface area (Å²) in [7, 11) is -3.79. The number of carbonyl (C=O) groups excluding carboxylic acids is 1. The van der Waals surface area contributed by atoms with Gasteiger partial charge in [-0.05, 0) is 67.6 Å². The number of carbonyl (C=O) groups is 1. The lowest BCUT2D eigenvalue weighted by Crippen LogP contribution is -2.17. The molecule has 0 heterocycles. The van der Waals surface area contributed by atoms with E-state index in [1.54, 1.807) is 43.3 Å². The molecule has 0 bridgehead atoms. The highest BCUT2D eigenvalue weighted by Crippen LogP contribution is 2.25. The Morgan fingerprint density at radius 2 is 1.85 bits per heavy atom. The number of nitrogens with one attached hydrogen (secondary N) is 2. The molecule has 27 heavy (non-hydrogen) atoms. The van der Waals surface area contributed by atoms with Crippen LogP contribution in [0.15, 0.2) is 59.5 Å². The second-order valence-corrected chi connectivity index (χ2v) is 8.70. The minimum Gasteiger partial charge on any atom is -0.326 e. The molecule has 2 aromatic rings. The molecule has 7 heteroatoms. The Bertz CT molecular complexity index is 969. The molecule has 0 spiro atoms. The monoisotopic (exact) mass is 404 g/mol. The van der Waals surface area contributed by atoms with Gasteiger partial charge in [-0.15, -0.1) is 0 Å². The zero-order valence-corrected chi connectivity index (χ0v) is 16.5. The number of hydrogen-bond acceptors (Lipinski definition) is 3. The van der Waals surface area contributed by atoms with Gasteiger partial charge in [-0.3, -0.25) is 9.52 Å². The minimum atomic E-state index is -3.79. The van der Waals surface area contributed by atoms with E-state index < -0.39 is 10.0 Å². The Kier molecular flexibility index (Phi) is 5.87. The number of hydrogen-bond donors (Lipinski definition) is 2. The molecule has 2 N–H and O–H groups in total. The number of aryl methyl sites for hydroxylation is 1. The van der Waals surface area contributed by atoms with E-state index in [9.17, 15) is 13.2 Å². The van der Waals surface area contributed by atoms with Gasteiger partial charge in [0.1, 0.15) is 0 Å². The molecule has 0 saturated carbocycles. The van der Waals surface area contributed by atoms with Crippen molar-refractivity contribution in [3.05, 3.63) is 65.2 Å². The fraction of sp³-hybridized carbons (Fsp3) is 0.250. The molecule has 0 radical (unpaired) electrons. The summed E-state index contributed by atoms with van der Waals surface area (Å²) in [6.07, 6.45) is 6.51. The molecule has 0 unspecified atom stereocenters. The molecular formula is C20H21ClN2O3S. The van der Waals surface area contributed by atoms with Gasteiger partial charge in [-0.2, -0.15) is 0 Å². The lowest BCUT2D eigenvalue weighted by Gasteiger charge is -2.13. The average molecular weight is 405 g/mol. The highest BCUT2D eigenvalue weighted by molar-refractivity contribution is 7.92. The summed E-state index contributed by atoms with van der Waals surface area (Å²) in [5.41, 5.74) is 1.47. The maximum absolute atomic E-state index is 12.8. The van der Waals surface area contributed by atoms with E-state index in [1.807, 2.05) is 0 Å². The fourth-order valence-corrected chi connectivity index (χ4v) is 4.47. The van der Waals surface area contributed by atoms with Crippen molar-refractivity contribution in [3.8, 4) is 0 Å². The summed E-state index contributed by atoms with van der Waals surface area (Å²) in [5.74, 6) is 0.134. The molecular weight excluding hydrogens is 384 g/mol. The fourth-order valence-electron chi connectivity index (χ4n) is 3.01. The topological polar surface area (TPSA) is 75.3 Å². The maximum Gasteiger partial charge on any atom is 0.262 e. The summed E-state index contributed by atoms with van der Waals surface area (Å²) in [6.45, 7) is 1.71. The van der Waals surface area contributed by atoms with Crippen molar-refractivity contribution in [1.29, 1.82) is 0 Å². The summed E-state index contributed by atoms with van der Waals surface area (Å²) in [6, 6.07) is 11.3. The molecule has 1 aliphatic rings. The third-order valence-electron chi connectivity index (χ3n) is 4.42. The predicted molar refractivity (Wildman–Crippen MR) is 109 cm³/mol. The van der Waals surface area contributed by atoms with Crippen LogP contribution < -0.4 is 10.0 Å². The largest absolute Gasteiger partial charge is 0.326 e. The van der Waals surface area contributed by atoms with Crippen LogP contribution in [0.4, 0.5) is 11.4 Å². The second-order valence-electron chi connectivity index (χ2n) is 6.61. The van der Waals surface area contributed by atoms with E-state index >= 15 is 0 Å². The van der Waals surface area contributed by atoms with E-state index in [-0.39, 0.29) is 16.7 Å². The average Bonchev–Trinajstić information content (AvgIpc) is 3.11. The van der Waals surface area contributed by atoms with E-state index in [0.29, 0.717) is 28.4 Å². The Balaban J connectivity index is 1.76. The SMILES string of the molecule is Cc1ccc(NC(=O)C[C@@H]2C=CCC2)cc1S(=O)(=O)Nc1ccc(Cl)cc1. The van der Waals surface area contributed by atoms with Gasteiger partial charge in [0.15, 0.2) is 0 Å². The third-order valence-corrected chi connectivity index (χ3v) is 6.19. The summed E-state index contributed by atoms with van der Waals surface area (Å²) >= 11 is 5.83. The minimum absolute atomic E-state index is 0.121. The first-order valence-corrected chi connectivity index (χ1v) is 10.6. The van der Waals surface area contributed by atoms with E-state index in [0.717, 1.165) is 12.8 Å². The number of allylic oxidation sites excluding steroid dienone is 2. The van der Waals surface area contributed by atoms with Crippen molar-refractivity contribution in [3.63, 3.8) is 0 Å². The van der Waals surface area contributed by atoms with Gasteiger partial charge >= 0.3 is 0 Å². The van der Waals surface area contributed by atoms with Crippen LogP contribution in [0.3, 0.4) is 0 Å². The van der Waals surface area contributed by atoms with Crippen molar-refractivity contribution in [2.24, 2.45) is 5.92 Å². The van der Waals surface area contributed by atoms with Crippen molar-refractivity contribution < 1.29 is 13.2 Å². The first-order chi connectivity index (χ1) is 12.8. The van der Waals surface area contributed by atoms with Crippen LogP contribution in [-0.2, 0) is 14.8 Å². The second kappa shape index (κ2) is 8.15. The van der Waals surface area contributed by atoms with E-state index in [1.165, 1.54) is 6.07 Å². The molecule has 1 amide bonds. The first-order valence-electron chi connectivity index (χ1n) is 8.69. The van der Waals surface area contributed by atoms with Gasteiger partial charge in [-0.25, -0.2) is 8.42 Å². The van der Waals surface area contributed by atoms with Gasteiger partial charge in [0.25, 0.3) is 10.0 Å². The molecule has 0 aliphatic heterocycles. The molecule has 0 saturated heterocycles. The summed E-state index contributed by atoms with van der Waals surface area (Å²) in [5, 5.41) is 3.32. The van der Waals surface area contributed by atoms with Gasteiger partial charge < -0.3 is 5.32 Å².